The van der Waals surface area contributed by atoms with E-state index in [9.17, 15) is 9.59 Å². The number of aliphatic hydroxyl groups is 3. The van der Waals surface area contributed by atoms with E-state index in [0.29, 0.717) is 19.3 Å². The largest absolute Gasteiger partial charge is 0.394 e. The molecule has 0 aromatic heterocycles. The topological polar surface area (TPSA) is 94.8 Å². The van der Waals surface area contributed by atoms with Crippen molar-refractivity contribution < 1.29 is 26.3 Å². The predicted molar refractivity (Wildman–Crippen MR) is 53.3 cm³/mol. The van der Waals surface area contributed by atoms with Crippen molar-refractivity contribution in [2.75, 3.05) is 6.61 Å². The smallest absolute Gasteiger partial charge is 0.229 e. The van der Waals surface area contributed by atoms with Crippen molar-refractivity contribution in [2.45, 2.75) is 44.8 Å². The first kappa shape index (κ1) is 12.3. The molecule has 0 fully saturated rings. The normalized spacial score (nSPS) is 15.5. The Morgan fingerprint density at radius 3 is 2.53 bits per heavy atom. The summed E-state index contributed by atoms with van der Waals surface area (Å²) in [4.78, 5) is 22.4. The average Bonchev–Trinajstić information content (AvgIpc) is 2.31. The van der Waals surface area contributed by atoms with Gasteiger partial charge in [0.15, 0.2) is 0 Å². The molecule has 0 aromatic carbocycles. The molecule has 0 bridgehead atoms. The van der Waals surface area contributed by atoms with Crippen molar-refractivity contribution in [1.29, 1.82) is 0 Å². The molecule has 5 nitrogen and oxygen atoms in total. The molecule has 15 heavy (non-hydrogen) atoms. The summed E-state index contributed by atoms with van der Waals surface area (Å²) in [6.45, 7) is -0.479. The third kappa shape index (κ3) is 5.01. The van der Waals surface area contributed by atoms with E-state index in [1.807, 2.05) is 0 Å². The van der Waals surface area contributed by atoms with Crippen LogP contribution in [0, 0.1) is 0 Å². The lowest BCUT2D eigenvalue weighted by molar-refractivity contribution is -0.146. The maximum atomic E-state index is 11.2. The Morgan fingerprint density at radius 1 is 1.33 bits per heavy atom. The van der Waals surface area contributed by atoms with E-state index in [-0.39, 0.29) is 13.3 Å². The molecular weight excluding hydrogens is 200 g/mol. The molecule has 0 spiro atoms. The van der Waals surface area contributed by atoms with Gasteiger partial charge in [0.2, 0.25) is 11.6 Å². The number of hydrogen-bond acceptors (Lipinski definition) is 5. The highest BCUT2D eigenvalue weighted by molar-refractivity contribution is 6.38. The molecule has 0 radical (unpaired) electrons. The zero-order valence-corrected chi connectivity index (χ0v) is 8.56. The van der Waals surface area contributed by atoms with Gasteiger partial charge in [-0.3, -0.25) is 9.59 Å². The van der Waals surface area contributed by atoms with Crippen LogP contribution in [0.1, 0.15) is 34.0 Å². The van der Waals surface area contributed by atoms with Crippen molar-refractivity contribution in [3.63, 3.8) is 0 Å². The second-order valence-corrected chi connectivity index (χ2v) is 3.29. The number of carbonyl (C=O) groups excluding carboxylic acids is 2. The van der Waals surface area contributed by atoms with Gasteiger partial charge in [-0.15, -0.1) is 0 Å². The second-order valence-electron chi connectivity index (χ2n) is 3.29. The number of rotatable bonds is 8. The van der Waals surface area contributed by atoms with E-state index in [1.54, 1.807) is 0 Å². The van der Waals surface area contributed by atoms with E-state index < -0.39 is 30.4 Å². The highest BCUT2D eigenvalue weighted by Crippen LogP contribution is 2.03. The molecule has 3 N–H and O–H groups in total. The average molecular weight is 219 g/mol. The van der Waals surface area contributed by atoms with Crippen LogP contribution in [0.5, 0.6) is 0 Å². The summed E-state index contributed by atoms with van der Waals surface area (Å²) < 4.78 is 6.87. The fraction of sp³-hybridized carbons (Fsp3) is 0.800. The summed E-state index contributed by atoms with van der Waals surface area (Å²) in [5.41, 5.74) is 0. The van der Waals surface area contributed by atoms with Crippen LogP contribution in [0.15, 0.2) is 0 Å². The minimum Gasteiger partial charge on any atom is -0.394 e. The number of hydrogen-bond donors (Lipinski definition) is 3. The van der Waals surface area contributed by atoms with Gasteiger partial charge in [-0.2, -0.15) is 0 Å². The highest BCUT2D eigenvalue weighted by atomic mass is 16.4. The summed E-state index contributed by atoms with van der Waals surface area (Å²) in [6, 6.07) is 0. The van der Waals surface area contributed by atoms with Crippen LogP contribution in [0.25, 0.3) is 0 Å². The SMILES string of the molecule is [2H]CCCCCC(=O)C(=O)[C@H](O)[C@H](O)CO. The summed E-state index contributed by atoms with van der Waals surface area (Å²) >= 11 is 0. The van der Waals surface area contributed by atoms with Gasteiger partial charge in [0.25, 0.3) is 0 Å². The lowest BCUT2D eigenvalue weighted by Gasteiger charge is -2.13. The first-order chi connectivity index (χ1) is 7.54. The summed E-state index contributed by atoms with van der Waals surface area (Å²) in [6.07, 6.45) is -1.59. The Bertz CT molecular complexity index is 231. The van der Waals surface area contributed by atoms with E-state index in [4.69, 9.17) is 16.7 Å². The monoisotopic (exact) mass is 219 g/mol. The Balaban J connectivity index is 3.94. The molecule has 0 saturated carbocycles. The second kappa shape index (κ2) is 7.50. The molecule has 0 aromatic rings. The minimum absolute atomic E-state index is 0.00798. The van der Waals surface area contributed by atoms with Crippen LogP contribution < -0.4 is 0 Å². The highest BCUT2D eigenvalue weighted by Gasteiger charge is 2.28. The van der Waals surface area contributed by atoms with Crippen LogP contribution in [0.3, 0.4) is 0 Å². The molecule has 88 valence electrons. The van der Waals surface area contributed by atoms with Gasteiger partial charge >= 0.3 is 0 Å². The van der Waals surface area contributed by atoms with E-state index in [1.165, 1.54) is 0 Å². The summed E-state index contributed by atoms with van der Waals surface area (Å²) in [7, 11) is 0. The third-order valence-corrected chi connectivity index (χ3v) is 2.00. The van der Waals surface area contributed by atoms with Gasteiger partial charge in [0.1, 0.15) is 12.2 Å². The number of aliphatic hydroxyl groups excluding tert-OH is 3. The fourth-order valence-electron chi connectivity index (χ4n) is 1.03. The van der Waals surface area contributed by atoms with Crippen molar-refractivity contribution >= 4 is 11.6 Å². The maximum absolute atomic E-state index is 11.2. The number of unbranched alkanes of at least 4 members (excludes halogenated alkanes) is 2. The Kier molecular flexibility index (Phi) is 6.15. The Hall–Kier alpha value is -0.780. The molecule has 0 rings (SSSR count). The predicted octanol–water partition coefficient (Wildman–Crippen LogP) is -0.581. The van der Waals surface area contributed by atoms with E-state index in [0.717, 1.165) is 0 Å². The van der Waals surface area contributed by atoms with Gasteiger partial charge in [0.05, 0.1) is 6.61 Å². The molecule has 0 aliphatic carbocycles. The molecule has 0 unspecified atom stereocenters. The fourth-order valence-corrected chi connectivity index (χ4v) is 1.03. The van der Waals surface area contributed by atoms with Crippen LogP contribution >= 0.6 is 0 Å². The zero-order valence-electron chi connectivity index (χ0n) is 9.56. The van der Waals surface area contributed by atoms with Crippen molar-refractivity contribution in [2.24, 2.45) is 0 Å². The van der Waals surface area contributed by atoms with Crippen LogP contribution in [0.4, 0.5) is 0 Å². The first-order valence-corrected chi connectivity index (χ1v) is 4.87. The third-order valence-electron chi connectivity index (χ3n) is 2.00. The van der Waals surface area contributed by atoms with Gasteiger partial charge in [-0.25, -0.2) is 0 Å². The standard InChI is InChI=1S/C10H18O5/c1-2-3-4-5-7(12)9(14)10(15)8(13)6-11/h8,10-11,13,15H,2-6H2,1H3/t8-,10-/m1/s1/i1D. The molecule has 0 aliphatic heterocycles. The van der Waals surface area contributed by atoms with Crippen LogP contribution in [-0.2, 0) is 9.59 Å². The van der Waals surface area contributed by atoms with Crippen molar-refractivity contribution in [3.8, 4) is 0 Å². The van der Waals surface area contributed by atoms with Gasteiger partial charge in [-0.1, -0.05) is 19.7 Å². The lowest BCUT2D eigenvalue weighted by Crippen LogP contribution is -2.40. The van der Waals surface area contributed by atoms with E-state index in [2.05, 4.69) is 0 Å². The quantitative estimate of drug-likeness (QED) is 0.375. The Labute approximate surface area is 90.1 Å². The van der Waals surface area contributed by atoms with Gasteiger partial charge < -0.3 is 15.3 Å². The van der Waals surface area contributed by atoms with Crippen LogP contribution in [-0.4, -0.2) is 45.7 Å². The number of Topliss-reactive ketones (excluding diaryl/α,β-unsaturated/α-hetero) is 2. The molecule has 2 atom stereocenters. The van der Waals surface area contributed by atoms with Gasteiger partial charge in [-0.05, 0) is 6.42 Å². The number of ketones is 2. The molecule has 0 saturated heterocycles. The van der Waals surface area contributed by atoms with Gasteiger partial charge in [0, 0.05) is 7.79 Å². The molecule has 0 amide bonds. The van der Waals surface area contributed by atoms with Crippen LogP contribution in [0.2, 0.25) is 0 Å². The van der Waals surface area contributed by atoms with Crippen molar-refractivity contribution in [3.05, 3.63) is 0 Å². The maximum Gasteiger partial charge on any atom is 0.229 e. The molecular formula is C10H18O5. The van der Waals surface area contributed by atoms with Crippen molar-refractivity contribution in [1.82, 2.24) is 0 Å². The number of carbonyl (C=O) groups is 2. The first-order valence-electron chi connectivity index (χ1n) is 5.58. The zero-order chi connectivity index (χ0) is 12.6. The summed E-state index contributed by atoms with van der Waals surface area (Å²) in [5, 5.41) is 26.6. The molecule has 0 aliphatic rings. The Morgan fingerprint density at radius 2 is 2.00 bits per heavy atom. The summed E-state index contributed by atoms with van der Waals surface area (Å²) in [5.74, 6) is -1.81. The minimum atomic E-state index is -1.84. The molecule has 0 heterocycles. The van der Waals surface area contributed by atoms with E-state index >= 15 is 0 Å². The lowest BCUT2D eigenvalue weighted by atomic mass is 10.0. The molecule has 5 heteroatoms.